The highest BCUT2D eigenvalue weighted by atomic mass is 16.7. The van der Waals surface area contributed by atoms with Crippen LogP contribution in [0.3, 0.4) is 0 Å². The molecule has 5 amide bonds. The number of hydrogen-bond acceptors (Lipinski definition) is 12. The monoisotopic (exact) mass is 843 g/mol. The van der Waals surface area contributed by atoms with Crippen LogP contribution in [0, 0.1) is 5.92 Å². The zero-order valence-corrected chi connectivity index (χ0v) is 33.8. The van der Waals surface area contributed by atoms with Crippen LogP contribution >= 0.6 is 0 Å². The van der Waals surface area contributed by atoms with Crippen LogP contribution in [-0.4, -0.2) is 107 Å². The molecule has 0 unspecified atom stereocenters. The number of ether oxygens (including phenoxy) is 3. The fourth-order valence-corrected chi connectivity index (χ4v) is 6.82. The van der Waals surface area contributed by atoms with Gasteiger partial charge in [0, 0.05) is 75.2 Å². The molecule has 5 rings (SSSR count). The number of aromatic nitrogens is 1. The molecule has 0 aliphatic carbocycles. The number of carboxylic acids is 1. The van der Waals surface area contributed by atoms with Gasteiger partial charge in [-0.3, -0.25) is 29.5 Å². The normalized spacial score (nSPS) is 17.9. The number of pyridine rings is 1. The van der Waals surface area contributed by atoms with E-state index in [2.05, 4.69) is 26.3 Å². The average molecular weight is 844 g/mol. The van der Waals surface area contributed by atoms with Gasteiger partial charge in [0.2, 0.25) is 24.0 Å². The highest BCUT2D eigenvalue weighted by Gasteiger charge is 2.34. The maximum Gasteiger partial charge on any atom is 0.411 e. The molecule has 0 spiro atoms. The first-order valence-corrected chi connectivity index (χ1v) is 20.3. The van der Waals surface area contributed by atoms with E-state index in [1.807, 2.05) is 17.0 Å². The second-order valence-corrected chi connectivity index (χ2v) is 14.7. The molecule has 2 fully saturated rings. The maximum atomic E-state index is 13.4. The lowest BCUT2D eigenvalue weighted by Gasteiger charge is -2.32. The number of carbonyl (C=O) groups excluding carboxylic acids is 5. The van der Waals surface area contributed by atoms with Gasteiger partial charge in [-0.25, -0.2) is 9.59 Å². The summed E-state index contributed by atoms with van der Waals surface area (Å²) in [5, 5.41) is 30.3. The van der Waals surface area contributed by atoms with Crippen LogP contribution in [0.25, 0.3) is 6.08 Å². The highest BCUT2D eigenvalue weighted by Crippen LogP contribution is 2.31. The molecule has 2 aromatic carbocycles. The van der Waals surface area contributed by atoms with E-state index in [1.165, 1.54) is 18.2 Å². The number of rotatable bonds is 19. The van der Waals surface area contributed by atoms with E-state index in [0.29, 0.717) is 42.4 Å². The van der Waals surface area contributed by atoms with Crippen molar-refractivity contribution >= 4 is 53.1 Å². The number of unbranched alkanes of at least 4 members (excludes halogenated alkanes) is 1. The molecule has 3 aromatic rings. The van der Waals surface area contributed by atoms with Gasteiger partial charge in [0.05, 0.1) is 18.3 Å². The summed E-state index contributed by atoms with van der Waals surface area (Å²) >= 11 is 0. The third kappa shape index (κ3) is 15.3. The molecule has 326 valence electrons. The average Bonchev–Trinajstić information content (AvgIpc) is 3.25. The molecule has 8 N–H and O–H groups in total. The molecular weight excluding hydrogens is 791 g/mol. The van der Waals surface area contributed by atoms with E-state index in [1.54, 1.807) is 48.8 Å². The van der Waals surface area contributed by atoms with Crippen LogP contribution in [0.1, 0.15) is 72.9 Å². The summed E-state index contributed by atoms with van der Waals surface area (Å²) in [6.45, 7) is 1.39. The number of carbonyl (C=O) groups is 6. The van der Waals surface area contributed by atoms with Gasteiger partial charge in [0.25, 0.3) is 5.91 Å². The minimum absolute atomic E-state index is 0.0166. The topological polar surface area (TPSA) is 261 Å². The highest BCUT2D eigenvalue weighted by molar-refractivity contribution is 5.96. The number of piperidine rings is 1. The van der Waals surface area contributed by atoms with Crippen molar-refractivity contribution in [2.45, 2.75) is 76.5 Å². The Morgan fingerprint density at radius 1 is 0.934 bits per heavy atom. The number of benzene rings is 2. The molecule has 3 atom stereocenters. The second-order valence-electron chi connectivity index (χ2n) is 14.7. The standard InChI is InChI=1S/C43H53N7O11/c44-25-39(54)47-18-13-38(53)49-34-21-30(9-11-35(34)60-40-24-33(51)23-36(61-40)42(56)57)27-59-43(58)48-32-8-3-7-31(22-32)41(55)50-19-14-28(15-20-50)5-1-2-17-46-37(52)12-10-29-6-4-16-45-26-29/h3-4,6-12,16,21-22,26,28,33,36,40,51H,1-2,5,13-15,17-20,23-25,27,44H2,(H,46,52)(H,47,54)(H,48,58)(H,49,53)(H,56,57)/b12-10+/t33-,36-,40+/m0/s1. The van der Waals surface area contributed by atoms with Crippen LogP contribution < -0.4 is 31.7 Å². The fraction of sp³-hybridized carbons (Fsp3) is 0.419. The molecule has 0 saturated carbocycles. The van der Waals surface area contributed by atoms with Crippen LogP contribution in [0.5, 0.6) is 5.75 Å². The number of aliphatic carboxylic acids is 1. The molecular formula is C43H53N7O11. The minimum atomic E-state index is -1.29. The zero-order valence-electron chi connectivity index (χ0n) is 33.8. The predicted molar refractivity (Wildman–Crippen MR) is 223 cm³/mol. The SMILES string of the molecule is NCC(=O)NCCC(=O)Nc1cc(COC(=O)Nc2cccc(C(=O)N3CCC(CCCCNC(=O)/C=C/c4cccnc4)CC3)c2)ccc1O[C@H]1C[C@@H](O)C[C@@H](C(=O)O)O1. The number of nitrogens with zero attached hydrogens (tertiary/aromatic N) is 2. The summed E-state index contributed by atoms with van der Waals surface area (Å²) in [5.74, 6) is -1.86. The first kappa shape index (κ1) is 45.7. The quantitative estimate of drug-likeness (QED) is 0.0675. The largest absolute Gasteiger partial charge is 0.479 e. The lowest BCUT2D eigenvalue weighted by molar-refractivity contribution is -0.195. The Labute approximate surface area is 353 Å². The van der Waals surface area contributed by atoms with Crippen molar-refractivity contribution in [1.82, 2.24) is 20.5 Å². The smallest absolute Gasteiger partial charge is 0.411 e. The number of carboxylic acid groups (broad SMARTS) is 1. The maximum absolute atomic E-state index is 13.4. The molecule has 2 aliphatic heterocycles. The first-order valence-electron chi connectivity index (χ1n) is 20.3. The molecule has 3 heterocycles. The van der Waals surface area contributed by atoms with E-state index in [0.717, 1.165) is 37.7 Å². The molecule has 0 bridgehead atoms. The Kier molecular flexibility index (Phi) is 17.6. The first-order chi connectivity index (χ1) is 29.4. The third-order valence-corrected chi connectivity index (χ3v) is 10.1. The van der Waals surface area contributed by atoms with Crippen molar-refractivity contribution in [1.29, 1.82) is 0 Å². The number of anilines is 2. The van der Waals surface area contributed by atoms with Gasteiger partial charge in [-0.15, -0.1) is 0 Å². The Balaban J connectivity index is 1.07. The predicted octanol–water partition coefficient (Wildman–Crippen LogP) is 3.42. The molecule has 2 saturated heterocycles. The van der Waals surface area contributed by atoms with Crippen molar-refractivity contribution in [3.05, 3.63) is 89.8 Å². The number of hydrogen-bond donors (Lipinski definition) is 7. The molecule has 2 aliphatic rings. The molecule has 61 heavy (non-hydrogen) atoms. The number of nitrogens with two attached hydrogens (primary N) is 1. The van der Waals surface area contributed by atoms with E-state index < -0.39 is 42.4 Å². The number of aliphatic hydroxyl groups excluding tert-OH is 1. The van der Waals surface area contributed by atoms with Crippen molar-refractivity contribution in [2.75, 3.05) is 43.4 Å². The van der Waals surface area contributed by atoms with Gasteiger partial charge in [0.1, 0.15) is 12.4 Å². The van der Waals surface area contributed by atoms with E-state index in [4.69, 9.17) is 19.9 Å². The van der Waals surface area contributed by atoms with E-state index in [-0.39, 0.29) is 62.2 Å². The van der Waals surface area contributed by atoms with Crippen molar-refractivity contribution in [3.8, 4) is 5.75 Å². The van der Waals surface area contributed by atoms with Gasteiger partial charge < -0.3 is 51.0 Å². The molecule has 18 heteroatoms. The minimum Gasteiger partial charge on any atom is -0.479 e. The summed E-state index contributed by atoms with van der Waals surface area (Å²) in [5.41, 5.74) is 7.54. The Bertz CT molecular complexity index is 2010. The van der Waals surface area contributed by atoms with Gasteiger partial charge >= 0.3 is 12.1 Å². The Morgan fingerprint density at radius 3 is 2.51 bits per heavy atom. The summed E-state index contributed by atoms with van der Waals surface area (Å²) in [6, 6.07) is 14.8. The number of amides is 5. The van der Waals surface area contributed by atoms with Crippen molar-refractivity contribution < 1.29 is 53.2 Å². The number of nitrogens with one attached hydrogen (secondary N) is 4. The zero-order chi connectivity index (χ0) is 43.6. The molecule has 1 aromatic heterocycles. The Hall–Kier alpha value is -6.37. The Morgan fingerprint density at radius 2 is 1.75 bits per heavy atom. The van der Waals surface area contributed by atoms with Crippen LogP contribution in [0.15, 0.2) is 73.1 Å². The molecule has 0 radical (unpaired) electrons. The van der Waals surface area contributed by atoms with Crippen molar-refractivity contribution in [3.63, 3.8) is 0 Å². The van der Waals surface area contributed by atoms with Gasteiger partial charge in [-0.2, -0.15) is 0 Å². The number of likely N-dealkylation sites (tertiary alicyclic amines) is 1. The summed E-state index contributed by atoms with van der Waals surface area (Å²) in [6.07, 6.45) is 6.78. The van der Waals surface area contributed by atoms with Gasteiger partial charge in [-0.1, -0.05) is 31.0 Å². The van der Waals surface area contributed by atoms with Crippen LogP contribution in [0.2, 0.25) is 0 Å². The van der Waals surface area contributed by atoms with E-state index in [9.17, 15) is 39.0 Å². The van der Waals surface area contributed by atoms with Gasteiger partial charge in [-0.05, 0) is 78.8 Å². The lowest BCUT2D eigenvalue weighted by Crippen LogP contribution is -2.42. The fourth-order valence-electron chi connectivity index (χ4n) is 6.82. The number of aliphatic hydroxyl groups is 1. The summed E-state index contributed by atoms with van der Waals surface area (Å²) in [4.78, 5) is 80.0. The summed E-state index contributed by atoms with van der Waals surface area (Å²) < 4.78 is 16.8. The molecule has 18 nitrogen and oxygen atoms in total. The van der Waals surface area contributed by atoms with Crippen molar-refractivity contribution in [2.24, 2.45) is 11.7 Å². The van der Waals surface area contributed by atoms with E-state index >= 15 is 0 Å². The summed E-state index contributed by atoms with van der Waals surface area (Å²) in [7, 11) is 0. The third-order valence-electron chi connectivity index (χ3n) is 10.1. The van der Waals surface area contributed by atoms with Crippen LogP contribution in [0.4, 0.5) is 16.2 Å². The lowest BCUT2D eigenvalue weighted by atomic mass is 9.91. The van der Waals surface area contributed by atoms with Gasteiger partial charge in [0.15, 0.2) is 6.10 Å². The van der Waals surface area contributed by atoms with Crippen LogP contribution in [-0.2, 0) is 35.3 Å². The second kappa shape index (κ2) is 23.4.